The van der Waals surface area contributed by atoms with Gasteiger partial charge in [-0.05, 0) is 42.9 Å². The van der Waals surface area contributed by atoms with E-state index in [0.29, 0.717) is 5.92 Å². The molecule has 0 saturated heterocycles. The third-order valence-electron chi connectivity index (χ3n) is 3.17. The summed E-state index contributed by atoms with van der Waals surface area (Å²) < 4.78 is 0. The number of halogens is 1. The quantitative estimate of drug-likeness (QED) is 0.794. The number of aryl methyl sites for hydroxylation is 1. The fourth-order valence-electron chi connectivity index (χ4n) is 1.96. The molecule has 14 heavy (non-hydrogen) atoms. The van der Waals surface area contributed by atoms with Gasteiger partial charge in [0.2, 0.25) is 0 Å². The molecule has 1 saturated carbocycles. The van der Waals surface area contributed by atoms with Crippen molar-refractivity contribution in [1.82, 2.24) is 0 Å². The van der Waals surface area contributed by atoms with E-state index in [1.54, 1.807) is 0 Å². The number of rotatable bonds is 2. The van der Waals surface area contributed by atoms with E-state index >= 15 is 0 Å². The molecule has 0 spiro atoms. The maximum absolute atomic E-state index is 6.17. The Balaban J connectivity index is 2.22. The predicted octanol–water partition coefficient (Wildman–Crippen LogP) is 3.45. The Kier molecular flexibility index (Phi) is 2.80. The Labute approximate surface area is 90.3 Å². The summed E-state index contributed by atoms with van der Waals surface area (Å²) in [5.41, 5.74) is 8.47. The number of hydrogen-bond donors (Lipinski definition) is 1. The molecule has 76 valence electrons. The molecule has 1 aromatic carbocycles. The van der Waals surface area contributed by atoms with Crippen LogP contribution in [0.3, 0.4) is 0 Å². The molecule has 2 rings (SSSR count). The lowest BCUT2D eigenvalue weighted by molar-refractivity contribution is 0.264. The van der Waals surface area contributed by atoms with E-state index in [9.17, 15) is 0 Å². The maximum Gasteiger partial charge on any atom is 0.0456 e. The first-order valence-corrected chi connectivity index (χ1v) is 5.58. The maximum atomic E-state index is 6.17. The van der Waals surface area contributed by atoms with E-state index in [1.807, 2.05) is 13.0 Å². The lowest BCUT2D eigenvalue weighted by Gasteiger charge is -2.32. The second-order valence-corrected chi connectivity index (χ2v) is 4.65. The summed E-state index contributed by atoms with van der Waals surface area (Å²) in [6.45, 7) is 2.05. The summed E-state index contributed by atoms with van der Waals surface area (Å²) in [6, 6.07) is 6.28. The van der Waals surface area contributed by atoms with Crippen molar-refractivity contribution in [1.29, 1.82) is 0 Å². The minimum Gasteiger partial charge on any atom is -0.324 e. The van der Waals surface area contributed by atoms with Gasteiger partial charge in [-0.3, -0.25) is 0 Å². The molecule has 1 fully saturated rings. The van der Waals surface area contributed by atoms with Crippen molar-refractivity contribution >= 4 is 11.6 Å². The molecule has 0 heterocycles. The van der Waals surface area contributed by atoms with Gasteiger partial charge in [-0.2, -0.15) is 0 Å². The lowest BCUT2D eigenvalue weighted by atomic mass is 9.77. The Morgan fingerprint density at radius 1 is 1.43 bits per heavy atom. The molecule has 0 unspecified atom stereocenters. The minimum absolute atomic E-state index is 0.136. The minimum atomic E-state index is 0.136. The number of hydrogen-bond acceptors (Lipinski definition) is 1. The van der Waals surface area contributed by atoms with E-state index in [2.05, 4.69) is 12.1 Å². The Morgan fingerprint density at radius 3 is 2.64 bits per heavy atom. The largest absolute Gasteiger partial charge is 0.324 e. The van der Waals surface area contributed by atoms with Crippen molar-refractivity contribution in [2.75, 3.05) is 0 Å². The van der Waals surface area contributed by atoms with Crippen LogP contribution >= 0.6 is 11.6 Å². The molecule has 0 radical (unpaired) electrons. The average molecular weight is 210 g/mol. The molecule has 2 N–H and O–H groups in total. The van der Waals surface area contributed by atoms with Crippen LogP contribution in [0.1, 0.15) is 36.4 Å². The standard InChI is InChI=1S/C12H16ClN/c1-8-5-6-10(11(13)7-8)12(14)9-3-2-4-9/h5-7,9,12H,2-4,14H2,1H3/t12-/m0/s1. The number of nitrogens with two attached hydrogens (primary N) is 1. The van der Waals surface area contributed by atoms with Crippen LogP contribution in [0.2, 0.25) is 5.02 Å². The van der Waals surface area contributed by atoms with E-state index in [-0.39, 0.29) is 6.04 Å². The van der Waals surface area contributed by atoms with Gasteiger partial charge in [0.25, 0.3) is 0 Å². The molecular formula is C12H16ClN. The average Bonchev–Trinajstić information content (AvgIpc) is 2.00. The van der Waals surface area contributed by atoms with Crippen molar-refractivity contribution in [2.45, 2.75) is 32.2 Å². The van der Waals surface area contributed by atoms with E-state index in [0.717, 1.165) is 10.6 Å². The summed E-state index contributed by atoms with van der Waals surface area (Å²) >= 11 is 6.17. The van der Waals surface area contributed by atoms with Crippen LogP contribution < -0.4 is 5.73 Å². The van der Waals surface area contributed by atoms with Gasteiger partial charge in [0.1, 0.15) is 0 Å². The Bertz CT molecular complexity index is 331. The Morgan fingerprint density at radius 2 is 2.14 bits per heavy atom. The molecule has 1 aliphatic carbocycles. The van der Waals surface area contributed by atoms with Gasteiger partial charge in [0.15, 0.2) is 0 Å². The molecule has 0 amide bonds. The highest BCUT2D eigenvalue weighted by Crippen LogP contribution is 2.38. The first kappa shape index (κ1) is 10.0. The zero-order valence-electron chi connectivity index (χ0n) is 8.46. The van der Waals surface area contributed by atoms with Gasteiger partial charge in [0.05, 0.1) is 0 Å². The van der Waals surface area contributed by atoms with Crippen molar-refractivity contribution in [3.63, 3.8) is 0 Å². The topological polar surface area (TPSA) is 26.0 Å². The van der Waals surface area contributed by atoms with Gasteiger partial charge >= 0.3 is 0 Å². The van der Waals surface area contributed by atoms with Gasteiger partial charge in [-0.25, -0.2) is 0 Å². The molecule has 0 bridgehead atoms. The smallest absolute Gasteiger partial charge is 0.0456 e. The SMILES string of the molecule is Cc1ccc([C@@H](N)C2CCC2)c(Cl)c1. The third-order valence-corrected chi connectivity index (χ3v) is 3.50. The van der Waals surface area contributed by atoms with Gasteiger partial charge in [-0.15, -0.1) is 0 Å². The summed E-state index contributed by atoms with van der Waals surface area (Å²) in [7, 11) is 0. The monoisotopic (exact) mass is 209 g/mol. The van der Waals surface area contributed by atoms with Crippen molar-refractivity contribution in [2.24, 2.45) is 11.7 Å². The van der Waals surface area contributed by atoms with Crippen molar-refractivity contribution < 1.29 is 0 Å². The molecule has 0 aromatic heterocycles. The summed E-state index contributed by atoms with van der Waals surface area (Å²) in [4.78, 5) is 0. The summed E-state index contributed by atoms with van der Waals surface area (Å²) in [5.74, 6) is 0.648. The van der Waals surface area contributed by atoms with Crippen LogP contribution in [-0.4, -0.2) is 0 Å². The summed E-state index contributed by atoms with van der Waals surface area (Å²) in [5, 5.41) is 0.824. The first-order valence-electron chi connectivity index (χ1n) is 5.20. The molecular weight excluding hydrogens is 194 g/mol. The highest BCUT2D eigenvalue weighted by Gasteiger charge is 2.26. The summed E-state index contributed by atoms with van der Waals surface area (Å²) in [6.07, 6.45) is 3.83. The normalized spacial score (nSPS) is 19.1. The molecule has 1 aromatic rings. The lowest BCUT2D eigenvalue weighted by Crippen LogP contribution is -2.27. The van der Waals surface area contributed by atoms with Crippen molar-refractivity contribution in [3.8, 4) is 0 Å². The molecule has 0 aliphatic heterocycles. The molecule has 2 heteroatoms. The second-order valence-electron chi connectivity index (χ2n) is 4.24. The first-order chi connectivity index (χ1) is 6.68. The van der Waals surface area contributed by atoms with E-state index in [4.69, 9.17) is 17.3 Å². The van der Waals surface area contributed by atoms with Gasteiger partial charge in [-0.1, -0.05) is 30.2 Å². The zero-order valence-corrected chi connectivity index (χ0v) is 9.22. The molecule has 1 aliphatic rings. The van der Waals surface area contributed by atoms with Crippen LogP contribution in [0, 0.1) is 12.8 Å². The van der Waals surface area contributed by atoms with Crippen LogP contribution in [-0.2, 0) is 0 Å². The highest BCUT2D eigenvalue weighted by molar-refractivity contribution is 6.31. The van der Waals surface area contributed by atoms with Gasteiger partial charge in [0, 0.05) is 11.1 Å². The van der Waals surface area contributed by atoms with Crippen LogP contribution in [0.15, 0.2) is 18.2 Å². The highest BCUT2D eigenvalue weighted by atomic mass is 35.5. The Hall–Kier alpha value is -0.530. The van der Waals surface area contributed by atoms with E-state index < -0.39 is 0 Å². The second kappa shape index (κ2) is 3.92. The number of benzene rings is 1. The van der Waals surface area contributed by atoms with E-state index in [1.165, 1.54) is 24.8 Å². The molecule has 1 nitrogen and oxygen atoms in total. The fourth-order valence-corrected chi connectivity index (χ4v) is 2.32. The van der Waals surface area contributed by atoms with Crippen molar-refractivity contribution in [3.05, 3.63) is 34.3 Å². The zero-order chi connectivity index (χ0) is 10.1. The fraction of sp³-hybridized carbons (Fsp3) is 0.500. The van der Waals surface area contributed by atoms with Gasteiger partial charge < -0.3 is 5.73 Å². The molecule has 1 atom stereocenters. The van der Waals surface area contributed by atoms with Crippen LogP contribution in [0.4, 0.5) is 0 Å². The van der Waals surface area contributed by atoms with Crippen LogP contribution in [0.5, 0.6) is 0 Å². The third kappa shape index (κ3) is 1.79. The predicted molar refractivity (Wildman–Crippen MR) is 60.5 cm³/mol. The van der Waals surface area contributed by atoms with Crippen LogP contribution in [0.25, 0.3) is 0 Å².